The molecule has 1 amide bonds. The van der Waals surface area contributed by atoms with Gasteiger partial charge in [-0.25, -0.2) is 9.97 Å². The highest BCUT2D eigenvalue weighted by atomic mass is 35.5. The molecule has 6 rings (SSSR count). The number of nitrogens with zero attached hydrogens (tertiary/aromatic N) is 5. The van der Waals surface area contributed by atoms with Crippen molar-refractivity contribution in [3.63, 3.8) is 0 Å². The van der Waals surface area contributed by atoms with Crippen molar-refractivity contribution in [2.45, 2.75) is 30.8 Å². The Bertz CT molecular complexity index is 1750. The Balaban J connectivity index is 1.11. The van der Waals surface area contributed by atoms with Crippen LogP contribution in [0, 0.1) is 6.92 Å². The number of aromatic nitrogens is 2. The fraction of sp³-hybridized carbons (Fsp3) is 0.237. The zero-order valence-electron chi connectivity index (χ0n) is 26.1. The summed E-state index contributed by atoms with van der Waals surface area (Å²) in [6, 6.07) is 38.8. The largest absolute Gasteiger partial charge is 0.368 e. The summed E-state index contributed by atoms with van der Waals surface area (Å²) in [5, 5.41) is 1.07. The number of amides is 1. The molecule has 8 heteroatoms. The number of piperazine rings is 1. The molecule has 0 radical (unpaired) electrons. The number of para-hydroxylation sites is 1. The van der Waals surface area contributed by atoms with E-state index < -0.39 is 0 Å². The van der Waals surface area contributed by atoms with Crippen LogP contribution in [0.15, 0.2) is 120 Å². The summed E-state index contributed by atoms with van der Waals surface area (Å²) >= 11 is 8.02. The lowest BCUT2D eigenvalue weighted by atomic mass is 10.1. The van der Waals surface area contributed by atoms with Crippen molar-refractivity contribution in [3.8, 4) is 0 Å². The van der Waals surface area contributed by atoms with E-state index in [9.17, 15) is 4.79 Å². The van der Waals surface area contributed by atoms with Gasteiger partial charge in [0.25, 0.3) is 5.91 Å². The minimum atomic E-state index is 0.0257. The second kappa shape index (κ2) is 15.3. The monoisotopic (exact) mass is 647 g/mol. The molecule has 0 spiro atoms. The summed E-state index contributed by atoms with van der Waals surface area (Å²) in [5.74, 6) is 1.51. The number of anilines is 2. The molecule has 1 aliphatic rings. The second-order valence-electron chi connectivity index (χ2n) is 11.5. The smallest absolute Gasteiger partial charge is 0.254 e. The third kappa shape index (κ3) is 8.27. The lowest BCUT2D eigenvalue weighted by Crippen LogP contribution is -2.47. The number of benzene rings is 4. The molecule has 5 aromatic rings. The van der Waals surface area contributed by atoms with Gasteiger partial charge in [0, 0.05) is 62.3 Å². The molecule has 0 aliphatic carbocycles. The van der Waals surface area contributed by atoms with Crippen LogP contribution in [0.4, 0.5) is 11.5 Å². The number of carbonyl (C=O) groups is 1. The standard InChI is InChI=1S/C38H38ClN5OS/c1-29-11-8-9-18-34(29)42-21-23-43(24-22-42)36-26-35(39)40-38(41-36)46-28-32-16-10-17-33(25-32)37(45)44(27-31-14-6-3-7-15-31)20-19-30-12-4-2-5-13-30/h2-18,25-26H,19-24,27-28H2,1H3. The van der Waals surface area contributed by atoms with Crippen LogP contribution in [-0.4, -0.2) is 53.5 Å². The number of rotatable bonds is 11. The Labute approximate surface area is 281 Å². The number of hydrogen-bond donors (Lipinski definition) is 0. The summed E-state index contributed by atoms with van der Waals surface area (Å²) < 4.78 is 0. The highest BCUT2D eigenvalue weighted by molar-refractivity contribution is 7.98. The van der Waals surface area contributed by atoms with Crippen LogP contribution in [0.5, 0.6) is 0 Å². The Morgan fingerprint density at radius 2 is 1.41 bits per heavy atom. The van der Waals surface area contributed by atoms with Crippen LogP contribution in [0.1, 0.15) is 32.6 Å². The minimum Gasteiger partial charge on any atom is -0.368 e. The molecule has 4 aromatic carbocycles. The summed E-state index contributed by atoms with van der Waals surface area (Å²) in [7, 11) is 0. The molecule has 0 bridgehead atoms. The Kier molecular flexibility index (Phi) is 10.5. The number of hydrogen-bond acceptors (Lipinski definition) is 6. The summed E-state index contributed by atoms with van der Waals surface area (Å²) in [4.78, 5) is 29.9. The van der Waals surface area contributed by atoms with Crippen LogP contribution in [0.3, 0.4) is 0 Å². The van der Waals surface area contributed by atoms with Crippen molar-refractivity contribution in [3.05, 3.63) is 148 Å². The lowest BCUT2D eigenvalue weighted by Gasteiger charge is -2.37. The highest BCUT2D eigenvalue weighted by Crippen LogP contribution is 2.27. The summed E-state index contributed by atoms with van der Waals surface area (Å²) in [6.07, 6.45) is 0.796. The minimum absolute atomic E-state index is 0.0257. The highest BCUT2D eigenvalue weighted by Gasteiger charge is 2.21. The Morgan fingerprint density at radius 1 is 0.761 bits per heavy atom. The van der Waals surface area contributed by atoms with Gasteiger partial charge in [0.1, 0.15) is 11.0 Å². The van der Waals surface area contributed by atoms with Crippen molar-refractivity contribution in [1.29, 1.82) is 0 Å². The van der Waals surface area contributed by atoms with Crippen molar-refractivity contribution < 1.29 is 4.79 Å². The number of halogens is 1. The maximum atomic E-state index is 13.9. The van der Waals surface area contributed by atoms with Gasteiger partial charge >= 0.3 is 0 Å². The van der Waals surface area contributed by atoms with E-state index in [4.69, 9.17) is 16.6 Å². The fourth-order valence-electron chi connectivity index (χ4n) is 5.80. The second-order valence-corrected chi connectivity index (χ2v) is 12.9. The van der Waals surface area contributed by atoms with E-state index in [2.05, 4.69) is 70.2 Å². The molecule has 1 fully saturated rings. The topological polar surface area (TPSA) is 52.6 Å². The first-order valence-electron chi connectivity index (χ1n) is 15.7. The third-order valence-electron chi connectivity index (χ3n) is 8.28. The molecular formula is C38H38ClN5OS. The molecule has 46 heavy (non-hydrogen) atoms. The molecule has 0 N–H and O–H groups in total. The van der Waals surface area contributed by atoms with E-state index >= 15 is 0 Å². The summed E-state index contributed by atoms with van der Waals surface area (Å²) in [6.45, 7) is 6.91. The zero-order valence-corrected chi connectivity index (χ0v) is 27.6. The van der Waals surface area contributed by atoms with Crippen LogP contribution in [-0.2, 0) is 18.7 Å². The molecule has 234 valence electrons. The third-order valence-corrected chi connectivity index (χ3v) is 9.39. The van der Waals surface area contributed by atoms with Gasteiger partial charge in [0.2, 0.25) is 0 Å². The van der Waals surface area contributed by atoms with Gasteiger partial charge in [0.05, 0.1) is 0 Å². The molecule has 1 aromatic heterocycles. The molecule has 0 atom stereocenters. The Hall–Kier alpha value is -4.33. The predicted octanol–water partition coefficient (Wildman–Crippen LogP) is 7.94. The van der Waals surface area contributed by atoms with Gasteiger partial charge in [-0.3, -0.25) is 4.79 Å². The first-order valence-corrected chi connectivity index (χ1v) is 17.1. The van der Waals surface area contributed by atoms with Crippen LogP contribution in [0.25, 0.3) is 0 Å². The molecule has 2 heterocycles. The van der Waals surface area contributed by atoms with Crippen molar-refractivity contribution >= 4 is 40.8 Å². The van der Waals surface area contributed by atoms with Crippen LogP contribution < -0.4 is 9.80 Å². The van der Waals surface area contributed by atoms with Gasteiger partial charge in [-0.2, -0.15) is 0 Å². The van der Waals surface area contributed by atoms with E-state index in [1.165, 1.54) is 28.6 Å². The SMILES string of the molecule is Cc1ccccc1N1CCN(c2cc(Cl)nc(SCc3cccc(C(=O)N(CCc4ccccc4)Cc4ccccc4)c3)n2)CC1. The van der Waals surface area contributed by atoms with E-state index in [1.807, 2.05) is 71.6 Å². The molecule has 0 unspecified atom stereocenters. The average molecular weight is 648 g/mol. The molecular weight excluding hydrogens is 610 g/mol. The molecule has 6 nitrogen and oxygen atoms in total. The zero-order chi connectivity index (χ0) is 31.7. The molecule has 1 saturated heterocycles. The van der Waals surface area contributed by atoms with Crippen LogP contribution in [0.2, 0.25) is 5.15 Å². The number of aryl methyl sites for hydroxylation is 1. The van der Waals surface area contributed by atoms with E-state index in [1.54, 1.807) is 0 Å². The maximum absolute atomic E-state index is 13.9. The first kappa shape index (κ1) is 31.6. The van der Waals surface area contributed by atoms with Gasteiger partial charge in [-0.1, -0.05) is 114 Å². The van der Waals surface area contributed by atoms with Gasteiger partial charge in [0.15, 0.2) is 5.16 Å². The maximum Gasteiger partial charge on any atom is 0.254 e. The quantitative estimate of drug-likeness (QED) is 0.0824. The van der Waals surface area contributed by atoms with E-state index in [-0.39, 0.29) is 5.91 Å². The fourth-order valence-corrected chi connectivity index (χ4v) is 6.82. The van der Waals surface area contributed by atoms with Crippen LogP contribution >= 0.6 is 23.4 Å². The number of carbonyl (C=O) groups excluding carboxylic acids is 1. The first-order chi connectivity index (χ1) is 22.5. The van der Waals surface area contributed by atoms with E-state index in [0.717, 1.165) is 49.5 Å². The predicted molar refractivity (Wildman–Crippen MR) is 190 cm³/mol. The van der Waals surface area contributed by atoms with E-state index in [0.29, 0.717) is 34.7 Å². The van der Waals surface area contributed by atoms with Crippen molar-refractivity contribution in [2.24, 2.45) is 0 Å². The Morgan fingerprint density at radius 3 is 2.15 bits per heavy atom. The average Bonchev–Trinajstić information content (AvgIpc) is 3.10. The molecule has 0 saturated carbocycles. The summed E-state index contributed by atoms with van der Waals surface area (Å²) in [5.41, 5.74) is 6.63. The number of thioether (sulfide) groups is 1. The van der Waals surface area contributed by atoms with Gasteiger partial charge in [-0.15, -0.1) is 0 Å². The van der Waals surface area contributed by atoms with Crippen molar-refractivity contribution in [2.75, 3.05) is 42.5 Å². The van der Waals surface area contributed by atoms with Gasteiger partial charge < -0.3 is 14.7 Å². The normalized spacial score (nSPS) is 13.1. The van der Waals surface area contributed by atoms with Crippen molar-refractivity contribution in [1.82, 2.24) is 14.9 Å². The van der Waals surface area contributed by atoms with Gasteiger partial charge in [-0.05, 0) is 53.8 Å². The lowest BCUT2D eigenvalue weighted by molar-refractivity contribution is 0.0745. The molecule has 1 aliphatic heterocycles.